The van der Waals surface area contributed by atoms with Gasteiger partial charge in [-0.25, -0.2) is 9.37 Å². The zero-order valence-corrected chi connectivity index (χ0v) is 18.3. The molecule has 1 aromatic heterocycles. The Morgan fingerprint density at radius 2 is 1.81 bits per heavy atom. The molecule has 8 heteroatoms. The molecule has 3 aromatic carbocycles. The highest BCUT2D eigenvalue weighted by atomic mass is 35.5. The van der Waals surface area contributed by atoms with Crippen molar-refractivity contribution in [1.82, 2.24) is 9.55 Å². The van der Waals surface area contributed by atoms with Crippen molar-refractivity contribution in [3.63, 3.8) is 0 Å². The minimum atomic E-state index is -0.398. The average Bonchev–Trinajstić information content (AvgIpc) is 2.78. The molecule has 0 aliphatic rings. The van der Waals surface area contributed by atoms with E-state index in [0.29, 0.717) is 44.0 Å². The zero-order chi connectivity index (χ0) is 22.0. The van der Waals surface area contributed by atoms with Gasteiger partial charge in [-0.2, -0.15) is 0 Å². The normalized spacial score (nSPS) is 11.0. The molecule has 0 N–H and O–H groups in total. The molecule has 5 nitrogen and oxygen atoms in total. The van der Waals surface area contributed by atoms with Crippen LogP contribution in [0.2, 0.25) is 5.02 Å². The molecule has 0 saturated heterocycles. The largest absolute Gasteiger partial charge is 0.493 e. The van der Waals surface area contributed by atoms with Crippen LogP contribution in [0.5, 0.6) is 11.5 Å². The van der Waals surface area contributed by atoms with E-state index in [-0.39, 0.29) is 5.56 Å². The molecular weight excluding hydrogens is 439 g/mol. The lowest BCUT2D eigenvalue weighted by Gasteiger charge is -2.15. The van der Waals surface area contributed by atoms with Crippen molar-refractivity contribution in [3.05, 3.63) is 87.4 Å². The number of rotatable bonds is 6. The fourth-order valence-electron chi connectivity index (χ4n) is 3.18. The minimum Gasteiger partial charge on any atom is -0.493 e. The number of ether oxygens (including phenoxy) is 2. The van der Waals surface area contributed by atoms with Gasteiger partial charge in [0, 0.05) is 16.8 Å². The molecule has 0 aliphatic carbocycles. The molecule has 0 fully saturated rings. The predicted molar refractivity (Wildman–Crippen MR) is 121 cm³/mol. The maximum Gasteiger partial charge on any atom is 0.266 e. The molecule has 0 bridgehead atoms. The van der Waals surface area contributed by atoms with E-state index in [1.807, 2.05) is 6.07 Å². The first kappa shape index (κ1) is 21.2. The van der Waals surface area contributed by atoms with Gasteiger partial charge in [-0.3, -0.25) is 9.36 Å². The summed E-state index contributed by atoms with van der Waals surface area (Å²) in [6.07, 6.45) is 0. The Balaban J connectivity index is 1.85. The van der Waals surface area contributed by atoms with Gasteiger partial charge in [0.25, 0.3) is 5.56 Å². The number of nitrogens with zero attached hydrogens (tertiary/aromatic N) is 2. The van der Waals surface area contributed by atoms with Gasteiger partial charge in [-0.15, -0.1) is 0 Å². The lowest BCUT2D eigenvalue weighted by Crippen LogP contribution is -2.21. The summed E-state index contributed by atoms with van der Waals surface area (Å²) in [5.41, 5.74) is 1.73. The number of thioether (sulfide) groups is 1. The minimum absolute atomic E-state index is 0.203. The number of para-hydroxylation sites is 1. The summed E-state index contributed by atoms with van der Waals surface area (Å²) in [4.78, 5) is 18.1. The number of hydrogen-bond acceptors (Lipinski definition) is 5. The second-order valence-corrected chi connectivity index (χ2v) is 7.97. The van der Waals surface area contributed by atoms with Crippen LogP contribution in [0.4, 0.5) is 4.39 Å². The fourth-order valence-corrected chi connectivity index (χ4v) is 4.51. The molecule has 0 atom stereocenters. The molecule has 158 valence electrons. The van der Waals surface area contributed by atoms with E-state index in [1.165, 1.54) is 35.6 Å². The molecule has 0 aliphatic heterocycles. The third-order valence-electron chi connectivity index (χ3n) is 4.74. The summed E-state index contributed by atoms with van der Waals surface area (Å²) < 4.78 is 25.6. The van der Waals surface area contributed by atoms with Crippen molar-refractivity contribution < 1.29 is 13.9 Å². The SMILES string of the molecule is COc1ccc(-n2c(SCc3ccc(F)cc3Cl)nc3ccccc3c2=O)cc1OC. The molecule has 31 heavy (non-hydrogen) atoms. The summed E-state index contributed by atoms with van der Waals surface area (Å²) in [7, 11) is 3.09. The molecule has 0 unspecified atom stereocenters. The first-order chi connectivity index (χ1) is 15.0. The lowest BCUT2D eigenvalue weighted by atomic mass is 10.2. The van der Waals surface area contributed by atoms with Gasteiger partial charge in [0.05, 0.1) is 30.8 Å². The van der Waals surface area contributed by atoms with Gasteiger partial charge in [0.2, 0.25) is 0 Å². The van der Waals surface area contributed by atoms with Gasteiger partial charge < -0.3 is 9.47 Å². The van der Waals surface area contributed by atoms with Crippen molar-refractivity contribution >= 4 is 34.3 Å². The van der Waals surface area contributed by atoms with Crippen LogP contribution in [0.3, 0.4) is 0 Å². The second kappa shape index (κ2) is 8.99. The number of aromatic nitrogens is 2. The highest BCUT2D eigenvalue weighted by molar-refractivity contribution is 7.98. The first-order valence-electron chi connectivity index (χ1n) is 9.32. The highest BCUT2D eigenvalue weighted by Gasteiger charge is 2.16. The highest BCUT2D eigenvalue weighted by Crippen LogP contribution is 2.32. The van der Waals surface area contributed by atoms with E-state index in [0.717, 1.165) is 5.56 Å². The van der Waals surface area contributed by atoms with Gasteiger partial charge in [0.1, 0.15) is 5.82 Å². The molecule has 0 amide bonds. The van der Waals surface area contributed by atoms with Crippen molar-refractivity contribution in [2.45, 2.75) is 10.9 Å². The monoisotopic (exact) mass is 456 g/mol. The Morgan fingerprint density at radius 3 is 2.55 bits per heavy atom. The number of halogens is 2. The Bertz CT molecular complexity index is 1330. The van der Waals surface area contributed by atoms with E-state index in [1.54, 1.807) is 49.6 Å². The van der Waals surface area contributed by atoms with Crippen molar-refractivity contribution in [2.75, 3.05) is 14.2 Å². The average molecular weight is 457 g/mol. The number of benzene rings is 3. The smallest absolute Gasteiger partial charge is 0.266 e. The van der Waals surface area contributed by atoms with E-state index in [2.05, 4.69) is 0 Å². The van der Waals surface area contributed by atoms with Gasteiger partial charge >= 0.3 is 0 Å². The maximum absolute atomic E-state index is 13.4. The van der Waals surface area contributed by atoms with Crippen LogP contribution in [0.1, 0.15) is 5.56 Å². The van der Waals surface area contributed by atoms with Crippen LogP contribution in [0, 0.1) is 5.82 Å². The Hall–Kier alpha value is -3.03. The standard InChI is InChI=1S/C23H18ClFN2O3S/c1-29-20-10-9-16(12-21(20)30-2)27-22(28)17-5-3-4-6-19(17)26-23(27)31-13-14-7-8-15(25)11-18(14)24/h3-12H,13H2,1-2H3. The Kier molecular flexibility index (Phi) is 6.15. The van der Waals surface area contributed by atoms with Crippen LogP contribution in [-0.2, 0) is 5.75 Å². The Labute approximate surface area is 187 Å². The zero-order valence-electron chi connectivity index (χ0n) is 16.8. The predicted octanol–water partition coefficient (Wildman–Crippen LogP) is 5.49. The third kappa shape index (κ3) is 4.24. The van der Waals surface area contributed by atoms with Crippen LogP contribution in [-0.4, -0.2) is 23.8 Å². The molecule has 0 saturated carbocycles. The third-order valence-corrected chi connectivity index (χ3v) is 6.08. The van der Waals surface area contributed by atoms with Crippen LogP contribution < -0.4 is 15.0 Å². The van der Waals surface area contributed by atoms with Gasteiger partial charge in [0.15, 0.2) is 16.7 Å². The van der Waals surface area contributed by atoms with Gasteiger partial charge in [-0.1, -0.05) is 41.6 Å². The molecule has 0 radical (unpaired) electrons. The summed E-state index contributed by atoms with van der Waals surface area (Å²) in [5, 5.41) is 1.31. The molecular formula is C23H18ClFN2O3S. The van der Waals surface area contributed by atoms with Crippen molar-refractivity contribution in [2.24, 2.45) is 0 Å². The number of hydrogen-bond donors (Lipinski definition) is 0. The van der Waals surface area contributed by atoms with Crippen molar-refractivity contribution in [3.8, 4) is 17.2 Å². The topological polar surface area (TPSA) is 53.4 Å². The van der Waals surface area contributed by atoms with E-state index in [9.17, 15) is 9.18 Å². The van der Waals surface area contributed by atoms with E-state index in [4.69, 9.17) is 26.1 Å². The Morgan fingerprint density at radius 1 is 1.03 bits per heavy atom. The fraction of sp³-hybridized carbons (Fsp3) is 0.130. The maximum atomic E-state index is 13.4. The molecule has 4 aromatic rings. The van der Waals surface area contributed by atoms with Crippen LogP contribution in [0.25, 0.3) is 16.6 Å². The van der Waals surface area contributed by atoms with Crippen LogP contribution >= 0.6 is 23.4 Å². The number of fused-ring (bicyclic) bond motifs is 1. The molecule has 1 heterocycles. The second-order valence-electron chi connectivity index (χ2n) is 6.62. The summed E-state index contributed by atoms with van der Waals surface area (Å²) in [6, 6.07) is 16.7. The van der Waals surface area contributed by atoms with E-state index < -0.39 is 5.82 Å². The van der Waals surface area contributed by atoms with E-state index >= 15 is 0 Å². The van der Waals surface area contributed by atoms with Crippen molar-refractivity contribution in [1.29, 1.82) is 0 Å². The summed E-state index contributed by atoms with van der Waals surface area (Å²) in [5.74, 6) is 1.07. The van der Waals surface area contributed by atoms with Gasteiger partial charge in [-0.05, 0) is 42.0 Å². The quantitative estimate of drug-likeness (QED) is 0.284. The first-order valence-corrected chi connectivity index (χ1v) is 10.7. The molecule has 0 spiro atoms. The molecule has 4 rings (SSSR count). The lowest BCUT2D eigenvalue weighted by molar-refractivity contribution is 0.354. The number of methoxy groups -OCH3 is 2. The van der Waals surface area contributed by atoms with Crippen LogP contribution in [0.15, 0.2) is 70.6 Å². The summed E-state index contributed by atoms with van der Waals surface area (Å²) >= 11 is 7.52. The summed E-state index contributed by atoms with van der Waals surface area (Å²) in [6.45, 7) is 0.